The Balaban J connectivity index is 3.08. The normalized spacial score (nSPS) is 13.6. The molecule has 0 fully saturated rings. The van der Waals surface area contributed by atoms with E-state index in [1.807, 2.05) is 6.92 Å². The van der Waals surface area contributed by atoms with E-state index in [4.69, 9.17) is 5.73 Å². The van der Waals surface area contributed by atoms with Crippen molar-refractivity contribution in [3.8, 4) is 0 Å². The molecule has 19 heavy (non-hydrogen) atoms. The maximum Gasteiger partial charge on any atom is 0.253 e. The molecular weight excluding hydrogens is 264 g/mol. The highest BCUT2D eigenvalue weighted by Gasteiger charge is 2.27. The number of pyridine rings is 1. The summed E-state index contributed by atoms with van der Waals surface area (Å²) in [5, 5.41) is 2.50. The molecule has 7 heteroatoms. The van der Waals surface area contributed by atoms with E-state index in [2.05, 4.69) is 22.0 Å². The highest BCUT2D eigenvalue weighted by Crippen LogP contribution is 2.28. The van der Waals surface area contributed by atoms with E-state index in [1.165, 1.54) is 6.20 Å². The molecule has 1 rings (SSSR count). The predicted molar refractivity (Wildman–Crippen MR) is 79.8 cm³/mol. The molecule has 1 amide bonds. The Morgan fingerprint density at radius 2 is 2.42 bits per heavy atom. The molecule has 0 aliphatic heterocycles. The van der Waals surface area contributed by atoms with Crippen molar-refractivity contribution in [2.24, 2.45) is 10.7 Å². The van der Waals surface area contributed by atoms with Gasteiger partial charge >= 0.3 is 0 Å². The molecule has 1 heterocycles. The van der Waals surface area contributed by atoms with Crippen molar-refractivity contribution in [1.82, 2.24) is 4.98 Å². The smallest absolute Gasteiger partial charge is 0.253 e. The van der Waals surface area contributed by atoms with Crippen molar-refractivity contribution in [3.05, 3.63) is 28.2 Å². The second-order valence-electron chi connectivity index (χ2n) is 4.15. The van der Waals surface area contributed by atoms with Crippen molar-refractivity contribution < 1.29 is 4.79 Å². The number of H-pyrrole nitrogens is 1. The molecule has 4 N–H and O–H groups in total. The number of aliphatic imine (C=N–C) groups is 1. The van der Waals surface area contributed by atoms with E-state index in [1.54, 1.807) is 17.8 Å². The molecular formula is C12H18N4O2S. The summed E-state index contributed by atoms with van der Waals surface area (Å²) in [5.74, 6) is 1.30. The molecule has 104 valence electrons. The second kappa shape index (κ2) is 7.10. The highest BCUT2D eigenvalue weighted by molar-refractivity contribution is 7.99. The fraction of sp³-hybridized carbons (Fsp3) is 0.417. The van der Waals surface area contributed by atoms with Gasteiger partial charge in [0.1, 0.15) is 0 Å². The molecule has 0 saturated carbocycles. The summed E-state index contributed by atoms with van der Waals surface area (Å²) in [6.07, 6.45) is 2.64. The predicted octanol–water partition coefficient (Wildman–Crippen LogP) is 0.899. The minimum absolute atomic E-state index is 0.232. The summed E-state index contributed by atoms with van der Waals surface area (Å²) in [6, 6.07) is 1.62. The summed E-state index contributed by atoms with van der Waals surface area (Å²) in [7, 11) is 0. The van der Waals surface area contributed by atoms with Gasteiger partial charge in [-0.3, -0.25) is 14.6 Å². The third kappa shape index (κ3) is 3.93. The molecule has 1 aromatic heterocycles. The largest absolute Gasteiger partial charge is 0.327 e. The monoisotopic (exact) mass is 282 g/mol. The van der Waals surface area contributed by atoms with Crippen molar-refractivity contribution >= 4 is 30.6 Å². The average molecular weight is 282 g/mol. The third-order valence-electron chi connectivity index (χ3n) is 2.91. The number of hydrogen-bond acceptors (Lipinski definition) is 5. The van der Waals surface area contributed by atoms with Gasteiger partial charge in [0.05, 0.1) is 11.2 Å². The number of nitrogens with two attached hydrogens (primary N) is 1. The van der Waals surface area contributed by atoms with Crippen LogP contribution in [0.25, 0.3) is 0 Å². The number of aromatic nitrogens is 1. The minimum atomic E-state index is -0.698. The number of nitrogens with zero attached hydrogens (tertiary/aromatic N) is 1. The number of amides is 1. The van der Waals surface area contributed by atoms with Gasteiger partial charge in [-0.1, -0.05) is 0 Å². The zero-order valence-corrected chi connectivity index (χ0v) is 11.6. The number of hydrogen-bond donors (Lipinski definition) is 3. The van der Waals surface area contributed by atoms with Crippen molar-refractivity contribution in [2.45, 2.75) is 18.9 Å². The Morgan fingerprint density at radius 3 is 3.00 bits per heavy atom. The summed E-state index contributed by atoms with van der Waals surface area (Å²) in [4.78, 5) is 29.0. The SMILES string of the molecule is C=NC(C)(CCSCN)c1cc(NC=O)c[nH]c1=O. The number of carbonyl (C=O) groups is 1. The Kier molecular flexibility index (Phi) is 5.78. The van der Waals surface area contributed by atoms with Crippen molar-refractivity contribution in [3.63, 3.8) is 0 Å². The summed E-state index contributed by atoms with van der Waals surface area (Å²) >= 11 is 1.57. The molecule has 0 aromatic carbocycles. The van der Waals surface area contributed by atoms with Crippen molar-refractivity contribution in [2.75, 3.05) is 16.9 Å². The summed E-state index contributed by atoms with van der Waals surface area (Å²) in [5.41, 5.74) is 5.50. The summed E-state index contributed by atoms with van der Waals surface area (Å²) < 4.78 is 0. The van der Waals surface area contributed by atoms with E-state index in [0.29, 0.717) is 30.0 Å². The molecule has 0 bridgehead atoms. The van der Waals surface area contributed by atoms with Gasteiger partial charge in [-0.25, -0.2) is 0 Å². The lowest BCUT2D eigenvalue weighted by Crippen LogP contribution is -2.29. The van der Waals surface area contributed by atoms with Crippen LogP contribution in [0.15, 0.2) is 22.1 Å². The standard InChI is InChI=1S/C12H18N4O2S/c1-12(14-2,3-4-19-7-13)10-5-9(16-8-17)6-15-11(10)18/h5-6,8H,2-4,7,13H2,1H3,(H,15,18)(H,16,17). The Morgan fingerprint density at radius 1 is 1.68 bits per heavy atom. The number of nitrogens with one attached hydrogen (secondary N) is 2. The Bertz CT molecular complexity index is 503. The Labute approximate surface area is 115 Å². The van der Waals surface area contributed by atoms with Crippen LogP contribution in [0, 0.1) is 0 Å². The highest BCUT2D eigenvalue weighted by atomic mass is 32.2. The molecule has 1 aromatic rings. The molecule has 0 aliphatic rings. The lowest BCUT2D eigenvalue weighted by atomic mass is 9.91. The molecule has 1 unspecified atom stereocenters. The van der Waals surface area contributed by atoms with Gasteiger partial charge in [-0.2, -0.15) is 0 Å². The first-order valence-electron chi connectivity index (χ1n) is 5.76. The van der Waals surface area contributed by atoms with E-state index in [0.717, 1.165) is 5.75 Å². The molecule has 0 aliphatic carbocycles. The van der Waals surface area contributed by atoms with Crippen LogP contribution in [-0.2, 0) is 10.3 Å². The van der Waals surface area contributed by atoms with Crippen LogP contribution in [-0.4, -0.2) is 29.7 Å². The second-order valence-corrected chi connectivity index (χ2v) is 5.30. The van der Waals surface area contributed by atoms with E-state index in [-0.39, 0.29) is 5.56 Å². The first-order chi connectivity index (χ1) is 9.07. The zero-order valence-electron chi connectivity index (χ0n) is 10.8. The van der Waals surface area contributed by atoms with Gasteiger partial charge in [0, 0.05) is 17.6 Å². The van der Waals surface area contributed by atoms with Crippen LogP contribution >= 0.6 is 11.8 Å². The number of anilines is 1. The lowest BCUT2D eigenvalue weighted by molar-refractivity contribution is -0.105. The number of aromatic amines is 1. The zero-order chi connectivity index (χ0) is 14.3. The van der Waals surface area contributed by atoms with Gasteiger partial charge in [0.2, 0.25) is 6.41 Å². The maximum absolute atomic E-state index is 11.9. The summed E-state index contributed by atoms with van der Waals surface area (Å²) in [6.45, 7) is 5.41. The quantitative estimate of drug-likeness (QED) is 0.285. The van der Waals surface area contributed by atoms with Gasteiger partial charge in [0.15, 0.2) is 0 Å². The van der Waals surface area contributed by atoms with Crippen LogP contribution in [0.5, 0.6) is 0 Å². The van der Waals surface area contributed by atoms with Crippen LogP contribution in [0.4, 0.5) is 5.69 Å². The van der Waals surface area contributed by atoms with Crippen LogP contribution in [0.1, 0.15) is 18.9 Å². The Hall–Kier alpha value is -1.60. The first kappa shape index (κ1) is 15.5. The van der Waals surface area contributed by atoms with Gasteiger partial charge < -0.3 is 16.0 Å². The van der Waals surface area contributed by atoms with E-state index in [9.17, 15) is 9.59 Å². The molecule has 0 saturated heterocycles. The van der Waals surface area contributed by atoms with Crippen LogP contribution < -0.4 is 16.6 Å². The molecule has 1 atom stereocenters. The fourth-order valence-electron chi connectivity index (χ4n) is 1.69. The number of thioether (sulfide) groups is 1. The van der Waals surface area contributed by atoms with Gasteiger partial charge in [-0.05, 0) is 31.9 Å². The van der Waals surface area contributed by atoms with Crippen molar-refractivity contribution in [1.29, 1.82) is 0 Å². The van der Waals surface area contributed by atoms with Gasteiger partial charge in [-0.15, -0.1) is 11.8 Å². The topological polar surface area (TPSA) is 100 Å². The lowest BCUT2D eigenvalue weighted by Gasteiger charge is -2.24. The molecule has 0 spiro atoms. The molecule has 0 radical (unpaired) electrons. The average Bonchev–Trinajstić information content (AvgIpc) is 2.41. The number of rotatable bonds is 8. The maximum atomic E-state index is 11.9. The van der Waals surface area contributed by atoms with Gasteiger partial charge in [0.25, 0.3) is 5.56 Å². The first-order valence-corrected chi connectivity index (χ1v) is 6.92. The minimum Gasteiger partial charge on any atom is -0.327 e. The van der Waals surface area contributed by atoms with E-state index < -0.39 is 5.54 Å². The fourth-order valence-corrected chi connectivity index (χ4v) is 2.40. The van der Waals surface area contributed by atoms with Crippen LogP contribution in [0.3, 0.4) is 0 Å². The molecule has 6 nitrogen and oxygen atoms in total. The number of carbonyl (C=O) groups excluding carboxylic acids is 1. The van der Waals surface area contributed by atoms with E-state index >= 15 is 0 Å². The third-order valence-corrected chi connectivity index (χ3v) is 3.64. The van der Waals surface area contributed by atoms with Crippen LogP contribution in [0.2, 0.25) is 0 Å².